The van der Waals surface area contributed by atoms with Gasteiger partial charge in [-0.3, -0.25) is 9.36 Å². The van der Waals surface area contributed by atoms with E-state index in [1.54, 1.807) is 46.9 Å². The predicted molar refractivity (Wildman–Crippen MR) is 124 cm³/mol. The van der Waals surface area contributed by atoms with E-state index in [1.165, 1.54) is 0 Å². The molecule has 0 spiro atoms. The summed E-state index contributed by atoms with van der Waals surface area (Å²) in [5.74, 6) is 0.566. The van der Waals surface area contributed by atoms with Crippen LogP contribution >= 0.6 is 11.6 Å². The molecule has 3 rings (SSSR count). The number of carbonyl (C=O) groups excluding carboxylic acids is 1. The van der Waals surface area contributed by atoms with Crippen molar-refractivity contribution in [1.29, 1.82) is 0 Å². The number of benzene rings is 2. The number of fused-ring (bicyclic) bond motifs is 1. The minimum atomic E-state index is -0.403. The highest BCUT2D eigenvalue weighted by Gasteiger charge is 2.28. The van der Waals surface area contributed by atoms with Gasteiger partial charge in [0.2, 0.25) is 0 Å². The van der Waals surface area contributed by atoms with Gasteiger partial charge in [-0.05, 0) is 49.7 Å². The maximum atomic E-state index is 13.2. The molecule has 3 aromatic rings. The maximum Gasteiger partial charge on any atom is 0.322 e. The van der Waals surface area contributed by atoms with Crippen LogP contribution in [0.5, 0.6) is 0 Å². The van der Waals surface area contributed by atoms with Crippen LogP contribution in [0.2, 0.25) is 5.02 Å². The molecule has 1 heterocycles. The van der Waals surface area contributed by atoms with E-state index in [0.717, 1.165) is 0 Å². The Morgan fingerprint density at radius 1 is 1.19 bits per heavy atom. The number of methoxy groups -OCH3 is 1. The Hall–Kier alpha value is -2.90. The highest BCUT2D eigenvalue weighted by atomic mass is 35.5. The number of aromatic nitrogens is 2. The smallest absolute Gasteiger partial charge is 0.322 e. The van der Waals surface area contributed by atoms with E-state index >= 15 is 0 Å². The van der Waals surface area contributed by atoms with Crippen molar-refractivity contribution >= 4 is 34.2 Å². The Morgan fingerprint density at radius 2 is 1.90 bits per heavy atom. The summed E-state index contributed by atoms with van der Waals surface area (Å²) >= 11 is 5.95. The molecule has 1 N–H and O–H groups in total. The molecular formula is C23H27ClN4O3. The number of carbonyl (C=O) groups is 1. The van der Waals surface area contributed by atoms with Crippen LogP contribution in [0.4, 0.5) is 10.5 Å². The van der Waals surface area contributed by atoms with E-state index in [9.17, 15) is 9.59 Å². The monoisotopic (exact) mass is 442 g/mol. The first-order chi connectivity index (χ1) is 15.0. The number of halogens is 1. The Balaban J connectivity index is 2.03. The van der Waals surface area contributed by atoms with Crippen molar-refractivity contribution in [3.05, 3.63) is 69.7 Å². The lowest BCUT2D eigenvalue weighted by atomic mass is 10.1. The van der Waals surface area contributed by atoms with Crippen LogP contribution < -0.4 is 10.9 Å². The molecule has 1 atom stereocenters. The molecule has 0 radical (unpaired) electrons. The van der Waals surface area contributed by atoms with E-state index < -0.39 is 6.04 Å². The molecule has 31 heavy (non-hydrogen) atoms. The summed E-state index contributed by atoms with van der Waals surface area (Å²) in [4.78, 5) is 32.8. The van der Waals surface area contributed by atoms with E-state index in [1.807, 2.05) is 32.0 Å². The lowest BCUT2D eigenvalue weighted by Gasteiger charge is -2.32. The molecule has 0 saturated carbocycles. The van der Waals surface area contributed by atoms with Gasteiger partial charge in [-0.2, -0.15) is 0 Å². The minimum absolute atomic E-state index is 0.105. The van der Waals surface area contributed by atoms with E-state index in [2.05, 4.69) is 5.32 Å². The van der Waals surface area contributed by atoms with Crippen LogP contribution in [-0.4, -0.2) is 40.7 Å². The average Bonchev–Trinajstić information content (AvgIpc) is 2.78. The van der Waals surface area contributed by atoms with Gasteiger partial charge in [0.15, 0.2) is 0 Å². The summed E-state index contributed by atoms with van der Waals surface area (Å²) < 4.78 is 6.89. The number of hydrogen-bond acceptors (Lipinski definition) is 4. The van der Waals surface area contributed by atoms with Gasteiger partial charge in [0.1, 0.15) is 5.82 Å². The van der Waals surface area contributed by atoms with Gasteiger partial charge >= 0.3 is 6.03 Å². The molecule has 2 amide bonds. The maximum absolute atomic E-state index is 13.2. The number of anilines is 1. The molecule has 0 aliphatic heterocycles. The van der Waals surface area contributed by atoms with Crippen molar-refractivity contribution in [3.8, 4) is 0 Å². The van der Waals surface area contributed by atoms with Crippen LogP contribution in [0, 0.1) is 0 Å². The second-order valence-electron chi connectivity index (χ2n) is 7.08. The number of amides is 2. The quantitative estimate of drug-likeness (QED) is 0.548. The fourth-order valence-corrected chi connectivity index (χ4v) is 3.73. The molecule has 8 heteroatoms. The summed E-state index contributed by atoms with van der Waals surface area (Å²) in [5.41, 5.74) is 1.15. The second-order valence-corrected chi connectivity index (χ2v) is 7.52. The molecule has 164 valence electrons. The number of ether oxygens (including phenoxy) is 1. The van der Waals surface area contributed by atoms with Crippen molar-refractivity contribution in [3.63, 3.8) is 0 Å². The summed E-state index contributed by atoms with van der Waals surface area (Å²) in [6.07, 6.45) is 0.586. The van der Waals surface area contributed by atoms with Crippen LogP contribution in [0.3, 0.4) is 0 Å². The highest BCUT2D eigenvalue weighted by molar-refractivity contribution is 6.30. The van der Waals surface area contributed by atoms with Gasteiger partial charge < -0.3 is 15.0 Å². The molecule has 0 aliphatic carbocycles. The molecule has 1 aromatic heterocycles. The fourth-order valence-electron chi connectivity index (χ4n) is 3.60. The largest absolute Gasteiger partial charge is 0.383 e. The Morgan fingerprint density at radius 3 is 2.55 bits per heavy atom. The molecular weight excluding hydrogens is 416 g/mol. The summed E-state index contributed by atoms with van der Waals surface area (Å²) in [5, 5.41) is 4.07. The minimum Gasteiger partial charge on any atom is -0.383 e. The van der Waals surface area contributed by atoms with E-state index in [4.69, 9.17) is 21.3 Å². The van der Waals surface area contributed by atoms with Gasteiger partial charge in [0.25, 0.3) is 5.56 Å². The first-order valence-corrected chi connectivity index (χ1v) is 10.7. The highest BCUT2D eigenvalue weighted by Crippen LogP contribution is 2.25. The van der Waals surface area contributed by atoms with Crippen LogP contribution in [0.25, 0.3) is 10.9 Å². The number of hydrogen-bond donors (Lipinski definition) is 1. The second kappa shape index (κ2) is 10.4. The standard InChI is InChI=1S/C23H27ClN4O3/c1-4-20(21-26-19-9-7-6-8-18(19)22(29)27(21)5-2)28(14-15-31-3)23(30)25-17-12-10-16(24)11-13-17/h6-13,20H,4-5,14-15H2,1-3H3,(H,25,30)/t20-/m1/s1. The van der Waals surface area contributed by atoms with Crippen molar-refractivity contribution in [2.24, 2.45) is 0 Å². The van der Waals surface area contributed by atoms with Crippen LogP contribution in [0.1, 0.15) is 32.1 Å². The zero-order valence-corrected chi connectivity index (χ0v) is 18.7. The van der Waals surface area contributed by atoms with E-state index in [0.29, 0.717) is 53.6 Å². The lowest BCUT2D eigenvalue weighted by molar-refractivity contribution is 0.130. The average molecular weight is 443 g/mol. The van der Waals surface area contributed by atoms with Gasteiger partial charge in [-0.15, -0.1) is 0 Å². The molecule has 2 aromatic carbocycles. The predicted octanol–water partition coefficient (Wildman–Crippen LogP) is 4.70. The van der Waals surface area contributed by atoms with Crippen LogP contribution in [0.15, 0.2) is 53.3 Å². The molecule has 0 saturated heterocycles. The number of nitrogens with zero attached hydrogens (tertiary/aromatic N) is 3. The zero-order valence-electron chi connectivity index (χ0n) is 18.0. The Bertz CT molecular complexity index is 1100. The van der Waals surface area contributed by atoms with Crippen molar-refractivity contribution in [2.45, 2.75) is 32.9 Å². The van der Waals surface area contributed by atoms with Gasteiger partial charge in [0, 0.05) is 30.9 Å². The Labute approximate surface area is 186 Å². The number of para-hydroxylation sites is 1. The first kappa shape index (κ1) is 22.8. The van der Waals surface area contributed by atoms with Gasteiger partial charge in [0.05, 0.1) is 23.6 Å². The van der Waals surface area contributed by atoms with Crippen molar-refractivity contribution in [1.82, 2.24) is 14.5 Å². The van der Waals surface area contributed by atoms with Gasteiger partial charge in [-0.25, -0.2) is 9.78 Å². The molecule has 7 nitrogen and oxygen atoms in total. The Kier molecular flexibility index (Phi) is 7.65. The molecule has 0 unspecified atom stereocenters. The topological polar surface area (TPSA) is 76.5 Å². The summed E-state index contributed by atoms with van der Waals surface area (Å²) in [6, 6.07) is 13.5. The third-order valence-corrected chi connectivity index (χ3v) is 5.41. The van der Waals surface area contributed by atoms with Crippen molar-refractivity contribution in [2.75, 3.05) is 25.6 Å². The van der Waals surface area contributed by atoms with E-state index in [-0.39, 0.29) is 11.6 Å². The van der Waals surface area contributed by atoms with Gasteiger partial charge in [-0.1, -0.05) is 30.7 Å². The number of nitrogens with one attached hydrogen (secondary N) is 1. The normalized spacial score (nSPS) is 12.0. The first-order valence-electron chi connectivity index (χ1n) is 10.3. The summed E-state index contributed by atoms with van der Waals surface area (Å²) in [6.45, 7) is 5.04. The number of urea groups is 1. The molecule has 0 bridgehead atoms. The fraction of sp³-hybridized carbons (Fsp3) is 0.348. The van der Waals surface area contributed by atoms with Crippen molar-refractivity contribution < 1.29 is 9.53 Å². The lowest BCUT2D eigenvalue weighted by Crippen LogP contribution is -2.42. The number of rotatable bonds is 8. The molecule has 0 aliphatic rings. The third kappa shape index (κ3) is 5.06. The third-order valence-electron chi connectivity index (χ3n) is 5.16. The summed E-state index contributed by atoms with van der Waals surface area (Å²) in [7, 11) is 1.59. The SMILES string of the molecule is CC[C@H](c1nc2ccccc2c(=O)n1CC)N(CCOC)C(=O)Nc1ccc(Cl)cc1. The zero-order chi connectivity index (χ0) is 22.4. The van der Waals surface area contributed by atoms with Crippen LogP contribution in [-0.2, 0) is 11.3 Å². The molecule has 0 fully saturated rings.